The molecule has 3 nitrogen and oxygen atoms in total. The van der Waals surface area contributed by atoms with E-state index in [4.69, 9.17) is 10.2 Å². The zero-order valence-electron chi connectivity index (χ0n) is 9.78. The van der Waals surface area contributed by atoms with Crippen LogP contribution in [-0.2, 0) is 5.54 Å². The lowest BCUT2D eigenvalue weighted by atomic mass is 10.0. The van der Waals surface area contributed by atoms with Gasteiger partial charge in [0.15, 0.2) is 5.76 Å². The number of nitrogens with zero attached hydrogens (tertiary/aromatic N) is 1. The van der Waals surface area contributed by atoms with Crippen LogP contribution in [0.15, 0.2) is 22.8 Å². The zero-order chi connectivity index (χ0) is 11.8. The van der Waals surface area contributed by atoms with E-state index in [1.54, 1.807) is 17.6 Å². The Morgan fingerprint density at radius 1 is 1.56 bits per heavy atom. The lowest BCUT2D eigenvalue weighted by molar-refractivity contribution is 0.473. The maximum Gasteiger partial charge on any atom is 0.153 e. The normalized spacial score (nSPS) is 15.0. The van der Waals surface area contributed by atoms with Crippen molar-refractivity contribution in [2.45, 2.75) is 32.7 Å². The first-order valence-electron chi connectivity index (χ1n) is 5.35. The van der Waals surface area contributed by atoms with E-state index in [9.17, 15) is 0 Å². The number of hydrogen-bond donors (Lipinski definition) is 1. The van der Waals surface area contributed by atoms with Crippen LogP contribution in [0.3, 0.4) is 0 Å². The monoisotopic (exact) mass is 236 g/mol. The molecule has 0 aliphatic carbocycles. The molecule has 2 N–H and O–H groups in total. The van der Waals surface area contributed by atoms with Crippen molar-refractivity contribution in [1.29, 1.82) is 0 Å². The van der Waals surface area contributed by atoms with Crippen LogP contribution in [0.2, 0.25) is 0 Å². The number of hydrogen-bond acceptors (Lipinski definition) is 4. The van der Waals surface area contributed by atoms with E-state index in [1.165, 1.54) is 0 Å². The third-order valence-electron chi connectivity index (χ3n) is 2.77. The van der Waals surface area contributed by atoms with Crippen LogP contribution in [0.25, 0.3) is 11.5 Å². The second kappa shape index (κ2) is 4.03. The van der Waals surface area contributed by atoms with E-state index >= 15 is 0 Å². The van der Waals surface area contributed by atoms with Gasteiger partial charge in [0.2, 0.25) is 0 Å². The molecule has 2 aromatic heterocycles. The van der Waals surface area contributed by atoms with E-state index in [0.717, 1.165) is 27.8 Å². The molecule has 2 aromatic rings. The zero-order valence-corrected chi connectivity index (χ0v) is 10.6. The van der Waals surface area contributed by atoms with Crippen LogP contribution in [0.1, 0.15) is 30.2 Å². The van der Waals surface area contributed by atoms with Gasteiger partial charge in [0, 0.05) is 4.88 Å². The molecule has 0 saturated heterocycles. The number of rotatable bonds is 3. The Morgan fingerprint density at radius 3 is 2.88 bits per heavy atom. The molecule has 16 heavy (non-hydrogen) atoms. The quantitative estimate of drug-likeness (QED) is 0.889. The smallest absolute Gasteiger partial charge is 0.153 e. The van der Waals surface area contributed by atoms with Crippen molar-refractivity contribution in [2.24, 2.45) is 5.73 Å². The summed E-state index contributed by atoms with van der Waals surface area (Å²) in [5, 5.41) is 0.971. The average Bonchev–Trinajstić information content (AvgIpc) is 2.86. The van der Waals surface area contributed by atoms with Gasteiger partial charge in [-0.15, -0.1) is 11.3 Å². The molecule has 0 aromatic carbocycles. The summed E-state index contributed by atoms with van der Waals surface area (Å²) in [7, 11) is 0. The second-order valence-electron chi connectivity index (χ2n) is 4.17. The lowest BCUT2D eigenvalue weighted by Gasteiger charge is -2.18. The molecule has 0 amide bonds. The minimum atomic E-state index is -0.347. The minimum Gasteiger partial charge on any atom is -0.463 e. The lowest BCUT2D eigenvalue weighted by Crippen LogP contribution is -2.31. The second-order valence-corrected chi connectivity index (χ2v) is 5.38. The molecule has 1 unspecified atom stereocenters. The van der Waals surface area contributed by atoms with Gasteiger partial charge in [-0.3, -0.25) is 0 Å². The Kier molecular flexibility index (Phi) is 2.86. The van der Waals surface area contributed by atoms with Crippen molar-refractivity contribution in [3.05, 3.63) is 28.3 Å². The van der Waals surface area contributed by atoms with Crippen molar-refractivity contribution >= 4 is 11.3 Å². The van der Waals surface area contributed by atoms with Crippen molar-refractivity contribution in [3.8, 4) is 11.5 Å². The van der Waals surface area contributed by atoms with E-state index in [0.29, 0.717) is 0 Å². The van der Waals surface area contributed by atoms with Crippen LogP contribution < -0.4 is 5.73 Å². The Balaban J connectivity index is 2.44. The van der Waals surface area contributed by atoms with Gasteiger partial charge in [-0.25, -0.2) is 4.98 Å². The molecule has 0 aliphatic heterocycles. The summed E-state index contributed by atoms with van der Waals surface area (Å²) < 4.78 is 5.36. The Morgan fingerprint density at radius 2 is 2.31 bits per heavy atom. The van der Waals surface area contributed by atoms with Gasteiger partial charge in [0.25, 0.3) is 0 Å². The summed E-state index contributed by atoms with van der Waals surface area (Å²) in [6.45, 7) is 6.13. The first-order valence-corrected chi connectivity index (χ1v) is 6.17. The fourth-order valence-corrected chi connectivity index (χ4v) is 2.48. The molecular formula is C12H16N2OS. The van der Waals surface area contributed by atoms with Crippen LogP contribution in [0.5, 0.6) is 0 Å². The van der Waals surface area contributed by atoms with Crippen LogP contribution >= 0.6 is 11.3 Å². The van der Waals surface area contributed by atoms with Crippen molar-refractivity contribution < 1.29 is 4.42 Å². The molecule has 2 heterocycles. The summed E-state index contributed by atoms with van der Waals surface area (Å²) >= 11 is 1.65. The predicted octanol–water partition coefficient (Wildman–Crippen LogP) is 3.30. The van der Waals surface area contributed by atoms with E-state index in [-0.39, 0.29) is 5.54 Å². The van der Waals surface area contributed by atoms with Crippen molar-refractivity contribution in [2.75, 3.05) is 0 Å². The summed E-state index contributed by atoms with van der Waals surface area (Å²) in [5.41, 5.74) is 6.76. The highest BCUT2D eigenvalue weighted by Gasteiger charge is 2.25. The molecule has 2 rings (SSSR count). The maximum atomic E-state index is 6.19. The third-order valence-corrected chi connectivity index (χ3v) is 4.02. The summed E-state index contributed by atoms with van der Waals surface area (Å²) in [5.74, 6) is 0.812. The standard InChI is InChI=1S/C12H16N2OS/c1-4-12(3,13)11-14-10(8(2)16-11)9-6-5-7-15-9/h5-7H,4,13H2,1-3H3. The summed E-state index contributed by atoms with van der Waals surface area (Å²) in [6, 6.07) is 3.79. The maximum absolute atomic E-state index is 6.19. The molecule has 4 heteroatoms. The molecule has 0 saturated carbocycles. The largest absolute Gasteiger partial charge is 0.463 e. The SMILES string of the molecule is CCC(C)(N)c1nc(-c2ccco2)c(C)s1. The summed E-state index contributed by atoms with van der Waals surface area (Å²) in [4.78, 5) is 5.74. The van der Waals surface area contributed by atoms with Gasteiger partial charge >= 0.3 is 0 Å². The molecule has 0 radical (unpaired) electrons. The van der Waals surface area contributed by atoms with Gasteiger partial charge in [-0.05, 0) is 32.4 Å². The number of nitrogens with two attached hydrogens (primary N) is 1. The molecule has 0 spiro atoms. The highest BCUT2D eigenvalue weighted by Crippen LogP contribution is 2.33. The molecule has 0 bridgehead atoms. The van der Waals surface area contributed by atoms with Gasteiger partial charge in [0.1, 0.15) is 10.7 Å². The third kappa shape index (κ3) is 1.90. The first-order chi connectivity index (χ1) is 7.54. The van der Waals surface area contributed by atoms with Gasteiger partial charge in [0.05, 0.1) is 11.8 Å². The van der Waals surface area contributed by atoms with Gasteiger partial charge < -0.3 is 10.2 Å². The minimum absolute atomic E-state index is 0.347. The summed E-state index contributed by atoms with van der Waals surface area (Å²) in [6.07, 6.45) is 2.53. The van der Waals surface area contributed by atoms with Gasteiger partial charge in [-0.2, -0.15) is 0 Å². The van der Waals surface area contributed by atoms with Crippen LogP contribution in [-0.4, -0.2) is 4.98 Å². The van der Waals surface area contributed by atoms with E-state index in [1.807, 2.05) is 26.0 Å². The number of aryl methyl sites for hydroxylation is 1. The van der Waals surface area contributed by atoms with E-state index < -0.39 is 0 Å². The fourth-order valence-electron chi connectivity index (χ4n) is 1.43. The number of aromatic nitrogens is 1. The van der Waals surface area contributed by atoms with E-state index in [2.05, 4.69) is 11.9 Å². The highest BCUT2D eigenvalue weighted by molar-refractivity contribution is 7.12. The molecule has 0 fully saturated rings. The Hall–Kier alpha value is -1.13. The Labute approximate surface area is 99.3 Å². The number of thiazole rings is 1. The molecule has 86 valence electrons. The molecular weight excluding hydrogens is 220 g/mol. The van der Waals surface area contributed by atoms with Crippen molar-refractivity contribution in [3.63, 3.8) is 0 Å². The van der Waals surface area contributed by atoms with Crippen LogP contribution in [0, 0.1) is 6.92 Å². The average molecular weight is 236 g/mol. The predicted molar refractivity (Wildman–Crippen MR) is 66.4 cm³/mol. The fraction of sp³-hybridized carbons (Fsp3) is 0.417. The van der Waals surface area contributed by atoms with Crippen LogP contribution in [0.4, 0.5) is 0 Å². The number of furan rings is 1. The van der Waals surface area contributed by atoms with Crippen molar-refractivity contribution in [1.82, 2.24) is 4.98 Å². The highest BCUT2D eigenvalue weighted by atomic mass is 32.1. The van der Waals surface area contributed by atoms with Gasteiger partial charge in [-0.1, -0.05) is 6.92 Å². The first kappa shape index (κ1) is 11.4. The molecule has 1 atom stereocenters. The topological polar surface area (TPSA) is 52.0 Å². The Bertz CT molecular complexity index is 471. The molecule has 0 aliphatic rings.